The van der Waals surface area contributed by atoms with Crippen LogP contribution < -0.4 is 10.1 Å². The van der Waals surface area contributed by atoms with E-state index < -0.39 is 0 Å². The maximum absolute atomic E-state index is 13.5. The van der Waals surface area contributed by atoms with Gasteiger partial charge in [0.1, 0.15) is 11.6 Å². The van der Waals surface area contributed by atoms with E-state index in [1.165, 1.54) is 13.2 Å². The molecule has 0 radical (unpaired) electrons. The summed E-state index contributed by atoms with van der Waals surface area (Å²) in [6.45, 7) is 2.29. The van der Waals surface area contributed by atoms with Crippen molar-refractivity contribution in [2.45, 2.75) is 13.0 Å². The maximum atomic E-state index is 13.5. The molecule has 15 heavy (non-hydrogen) atoms. The van der Waals surface area contributed by atoms with E-state index in [9.17, 15) is 4.39 Å². The first kappa shape index (κ1) is 11.5. The van der Waals surface area contributed by atoms with Crippen LogP contribution in [0, 0.1) is 18.2 Å². The average Bonchev–Trinajstić information content (AvgIpc) is 2.25. The smallest absolute Gasteiger partial charge is 0.131 e. The van der Waals surface area contributed by atoms with Crippen molar-refractivity contribution in [2.24, 2.45) is 0 Å². The standard InChI is InChI=1S/C12H14FNO/c1-4-7-14-9(2)11-6-5-10(15-3)8-12(11)13/h1,5-6,8-9,14H,7H2,2-3H3. The number of halogens is 1. The normalized spacial score (nSPS) is 11.9. The lowest BCUT2D eigenvalue weighted by molar-refractivity contribution is 0.410. The summed E-state index contributed by atoms with van der Waals surface area (Å²) in [5.74, 6) is 2.68. The molecule has 0 aromatic heterocycles. The molecule has 0 saturated carbocycles. The number of terminal acetylenes is 1. The van der Waals surface area contributed by atoms with Gasteiger partial charge in [-0.15, -0.1) is 6.42 Å². The summed E-state index contributed by atoms with van der Waals surface area (Å²) < 4.78 is 18.5. The molecule has 0 fully saturated rings. The van der Waals surface area contributed by atoms with Crippen molar-refractivity contribution < 1.29 is 9.13 Å². The molecule has 0 saturated heterocycles. The SMILES string of the molecule is C#CCNC(C)c1ccc(OC)cc1F. The van der Waals surface area contributed by atoms with Gasteiger partial charge in [-0.05, 0) is 13.0 Å². The van der Waals surface area contributed by atoms with Gasteiger partial charge < -0.3 is 4.74 Å². The van der Waals surface area contributed by atoms with Gasteiger partial charge >= 0.3 is 0 Å². The van der Waals surface area contributed by atoms with Crippen LogP contribution in [0.4, 0.5) is 4.39 Å². The van der Waals surface area contributed by atoms with Crippen LogP contribution in [0.25, 0.3) is 0 Å². The highest BCUT2D eigenvalue weighted by Gasteiger charge is 2.10. The minimum Gasteiger partial charge on any atom is -0.497 e. The van der Waals surface area contributed by atoms with Crippen LogP contribution in [-0.2, 0) is 0 Å². The van der Waals surface area contributed by atoms with Crippen LogP contribution in [0.1, 0.15) is 18.5 Å². The van der Waals surface area contributed by atoms with E-state index >= 15 is 0 Å². The Morgan fingerprint density at radius 3 is 2.87 bits per heavy atom. The van der Waals surface area contributed by atoms with Gasteiger partial charge in [0.2, 0.25) is 0 Å². The van der Waals surface area contributed by atoms with Crippen LogP contribution in [0.5, 0.6) is 5.75 Å². The molecule has 0 spiro atoms. The lowest BCUT2D eigenvalue weighted by atomic mass is 10.1. The summed E-state index contributed by atoms with van der Waals surface area (Å²) in [6, 6.07) is 4.69. The monoisotopic (exact) mass is 207 g/mol. The molecule has 1 unspecified atom stereocenters. The molecule has 1 atom stereocenters. The minimum absolute atomic E-state index is 0.105. The highest BCUT2D eigenvalue weighted by atomic mass is 19.1. The van der Waals surface area contributed by atoms with E-state index in [-0.39, 0.29) is 11.9 Å². The Balaban J connectivity index is 2.81. The topological polar surface area (TPSA) is 21.3 Å². The molecule has 2 nitrogen and oxygen atoms in total. The van der Waals surface area contributed by atoms with Gasteiger partial charge in [-0.2, -0.15) is 0 Å². The van der Waals surface area contributed by atoms with Gasteiger partial charge in [0.05, 0.1) is 13.7 Å². The Morgan fingerprint density at radius 2 is 2.33 bits per heavy atom. The van der Waals surface area contributed by atoms with Gasteiger partial charge in [-0.25, -0.2) is 4.39 Å². The second-order valence-corrected chi connectivity index (χ2v) is 3.19. The van der Waals surface area contributed by atoms with Crippen molar-refractivity contribution in [2.75, 3.05) is 13.7 Å². The zero-order chi connectivity index (χ0) is 11.3. The molecular formula is C12H14FNO. The van der Waals surface area contributed by atoms with Gasteiger partial charge in [0, 0.05) is 17.7 Å². The second-order valence-electron chi connectivity index (χ2n) is 3.19. The van der Waals surface area contributed by atoms with E-state index in [1.54, 1.807) is 12.1 Å². The largest absolute Gasteiger partial charge is 0.497 e. The number of nitrogens with one attached hydrogen (secondary N) is 1. The van der Waals surface area contributed by atoms with Crippen LogP contribution in [0.15, 0.2) is 18.2 Å². The second kappa shape index (κ2) is 5.38. The van der Waals surface area contributed by atoms with Gasteiger partial charge in [-0.1, -0.05) is 12.0 Å². The first-order chi connectivity index (χ1) is 7.19. The Labute approximate surface area is 89.4 Å². The maximum Gasteiger partial charge on any atom is 0.131 e. The highest BCUT2D eigenvalue weighted by Crippen LogP contribution is 2.21. The molecule has 0 heterocycles. The Morgan fingerprint density at radius 1 is 1.60 bits per heavy atom. The third-order valence-corrected chi connectivity index (χ3v) is 2.18. The van der Waals surface area contributed by atoms with Crippen molar-refractivity contribution in [1.82, 2.24) is 5.32 Å². The predicted octanol–water partition coefficient (Wildman–Crippen LogP) is 2.12. The van der Waals surface area contributed by atoms with E-state index in [0.29, 0.717) is 17.9 Å². The zero-order valence-corrected chi connectivity index (χ0v) is 8.88. The summed E-state index contributed by atoms with van der Waals surface area (Å²) in [6.07, 6.45) is 5.11. The molecule has 1 N–H and O–H groups in total. The molecule has 0 amide bonds. The number of ether oxygens (including phenoxy) is 1. The first-order valence-corrected chi connectivity index (χ1v) is 4.69. The molecule has 1 aromatic carbocycles. The number of benzene rings is 1. The first-order valence-electron chi connectivity index (χ1n) is 4.69. The van der Waals surface area contributed by atoms with Crippen LogP contribution >= 0.6 is 0 Å². The number of hydrogen-bond acceptors (Lipinski definition) is 2. The number of rotatable bonds is 4. The van der Waals surface area contributed by atoms with E-state index in [4.69, 9.17) is 11.2 Å². The van der Waals surface area contributed by atoms with E-state index in [1.807, 2.05) is 6.92 Å². The predicted molar refractivity (Wildman–Crippen MR) is 58.2 cm³/mol. The summed E-state index contributed by atoms with van der Waals surface area (Å²) >= 11 is 0. The molecule has 0 aliphatic rings. The summed E-state index contributed by atoms with van der Waals surface area (Å²) in [7, 11) is 1.51. The van der Waals surface area contributed by atoms with Crippen molar-refractivity contribution >= 4 is 0 Å². The van der Waals surface area contributed by atoms with Crippen molar-refractivity contribution in [3.63, 3.8) is 0 Å². The lowest BCUT2D eigenvalue weighted by Gasteiger charge is -2.13. The number of methoxy groups -OCH3 is 1. The molecule has 0 aliphatic heterocycles. The third kappa shape index (κ3) is 2.97. The van der Waals surface area contributed by atoms with Crippen molar-refractivity contribution in [1.29, 1.82) is 0 Å². The summed E-state index contributed by atoms with van der Waals surface area (Å²) in [5.41, 5.74) is 0.589. The third-order valence-electron chi connectivity index (χ3n) is 2.18. The Hall–Kier alpha value is -1.53. The van der Waals surface area contributed by atoms with Crippen molar-refractivity contribution in [3.8, 4) is 18.1 Å². The Bertz CT molecular complexity index is 370. The van der Waals surface area contributed by atoms with E-state index in [2.05, 4.69) is 11.2 Å². The van der Waals surface area contributed by atoms with Crippen LogP contribution in [0.3, 0.4) is 0 Å². The Kier molecular flexibility index (Phi) is 4.14. The van der Waals surface area contributed by atoms with Gasteiger partial charge in [0.15, 0.2) is 0 Å². The molecule has 0 aliphatic carbocycles. The minimum atomic E-state index is -0.286. The quantitative estimate of drug-likeness (QED) is 0.763. The fourth-order valence-corrected chi connectivity index (χ4v) is 1.31. The molecule has 80 valence electrons. The highest BCUT2D eigenvalue weighted by molar-refractivity contribution is 5.30. The van der Waals surface area contributed by atoms with Gasteiger partial charge in [-0.3, -0.25) is 5.32 Å². The molecule has 1 aromatic rings. The number of hydrogen-bond donors (Lipinski definition) is 1. The lowest BCUT2D eigenvalue weighted by Crippen LogP contribution is -2.19. The fourth-order valence-electron chi connectivity index (χ4n) is 1.31. The summed E-state index contributed by atoms with van der Waals surface area (Å²) in [4.78, 5) is 0. The van der Waals surface area contributed by atoms with Crippen molar-refractivity contribution in [3.05, 3.63) is 29.6 Å². The average molecular weight is 207 g/mol. The molecular weight excluding hydrogens is 193 g/mol. The molecule has 0 bridgehead atoms. The fraction of sp³-hybridized carbons (Fsp3) is 0.333. The van der Waals surface area contributed by atoms with E-state index in [0.717, 1.165) is 0 Å². The van der Waals surface area contributed by atoms with Crippen LogP contribution in [0.2, 0.25) is 0 Å². The molecule has 1 rings (SSSR count). The molecule has 3 heteroatoms. The summed E-state index contributed by atoms with van der Waals surface area (Å²) in [5, 5.41) is 3.01. The zero-order valence-electron chi connectivity index (χ0n) is 8.88. The van der Waals surface area contributed by atoms with Crippen LogP contribution in [-0.4, -0.2) is 13.7 Å². The van der Waals surface area contributed by atoms with Gasteiger partial charge in [0.25, 0.3) is 0 Å².